The number of amides is 1. The summed E-state index contributed by atoms with van der Waals surface area (Å²) in [6, 6.07) is 7.29. The van der Waals surface area contributed by atoms with Crippen LogP contribution in [0.1, 0.15) is 13.3 Å². The highest BCUT2D eigenvalue weighted by Gasteiger charge is 2.13. The van der Waals surface area contributed by atoms with Crippen LogP contribution in [0.3, 0.4) is 0 Å². The van der Waals surface area contributed by atoms with Crippen molar-refractivity contribution < 1.29 is 14.6 Å². The molecule has 0 aliphatic rings. The van der Waals surface area contributed by atoms with E-state index in [-0.39, 0.29) is 12.5 Å². The minimum atomic E-state index is -0.546. The number of aliphatic hydroxyl groups excluding tert-OH is 1. The van der Waals surface area contributed by atoms with E-state index in [2.05, 4.69) is 21.2 Å². The molecule has 4 nitrogen and oxygen atoms in total. The summed E-state index contributed by atoms with van der Waals surface area (Å²) in [5.74, 6) is 0.472. The molecule has 0 aliphatic carbocycles. The highest BCUT2D eigenvalue weighted by atomic mass is 79.9. The first-order valence-corrected chi connectivity index (χ1v) is 6.23. The molecule has 1 rings (SSSR count). The molecule has 0 fully saturated rings. The van der Waals surface area contributed by atoms with E-state index in [9.17, 15) is 4.79 Å². The Morgan fingerprint density at radius 1 is 1.47 bits per heavy atom. The van der Waals surface area contributed by atoms with Gasteiger partial charge in [0, 0.05) is 17.6 Å². The zero-order valence-electron chi connectivity index (χ0n) is 9.65. The topological polar surface area (TPSA) is 58.6 Å². The van der Waals surface area contributed by atoms with Crippen molar-refractivity contribution in [2.75, 3.05) is 13.2 Å². The van der Waals surface area contributed by atoms with Gasteiger partial charge in [0.05, 0.1) is 0 Å². The normalized spacial score (nSPS) is 11.9. The number of carbonyl (C=O) groups is 1. The second-order valence-electron chi connectivity index (χ2n) is 3.58. The quantitative estimate of drug-likeness (QED) is 0.787. The van der Waals surface area contributed by atoms with E-state index in [1.54, 1.807) is 19.1 Å². The molecule has 0 spiro atoms. The Bertz CT molecular complexity index is 353. The van der Waals surface area contributed by atoms with Crippen LogP contribution in [0.4, 0.5) is 0 Å². The number of carbonyl (C=O) groups excluding carboxylic acids is 1. The second-order valence-corrected chi connectivity index (χ2v) is 4.50. The van der Waals surface area contributed by atoms with Crippen LogP contribution in [0.15, 0.2) is 28.7 Å². The number of nitrogens with one attached hydrogen (secondary N) is 1. The Labute approximate surface area is 109 Å². The van der Waals surface area contributed by atoms with Crippen LogP contribution in [-0.4, -0.2) is 30.3 Å². The van der Waals surface area contributed by atoms with Gasteiger partial charge in [0.25, 0.3) is 5.91 Å². The molecule has 1 atom stereocenters. The van der Waals surface area contributed by atoms with Gasteiger partial charge in [-0.15, -0.1) is 0 Å². The van der Waals surface area contributed by atoms with Crippen LogP contribution in [0.2, 0.25) is 0 Å². The van der Waals surface area contributed by atoms with Crippen molar-refractivity contribution in [3.63, 3.8) is 0 Å². The van der Waals surface area contributed by atoms with Crippen LogP contribution < -0.4 is 10.1 Å². The molecular formula is C12H16BrNO3. The Morgan fingerprint density at radius 2 is 2.12 bits per heavy atom. The Balaban J connectivity index is 2.40. The lowest BCUT2D eigenvalue weighted by Gasteiger charge is -2.14. The smallest absolute Gasteiger partial charge is 0.260 e. The van der Waals surface area contributed by atoms with E-state index in [4.69, 9.17) is 9.84 Å². The maximum Gasteiger partial charge on any atom is 0.260 e. The third-order valence-corrected chi connectivity index (χ3v) is 2.66. The number of benzene rings is 1. The number of hydrogen-bond donors (Lipinski definition) is 2. The van der Waals surface area contributed by atoms with Crippen LogP contribution in [0.25, 0.3) is 0 Å². The molecule has 5 heteroatoms. The molecule has 0 heterocycles. The van der Waals surface area contributed by atoms with Gasteiger partial charge in [0.2, 0.25) is 0 Å². The fraction of sp³-hybridized carbons (Fsp3) is 0.417. The SMILES string of the molecule is CC(Oc1ccc(Br)cc1)C(=O)NCCCO. The van der Waals surface area contributed by atoms with Crippen molar-refractivity contribution in [2.45, 2.75) is 19.4 Å². The summed E-state index contributed by atoms with van der Waals surface area (Å²) in [6.07, 6.45) is 0.00591. The van der Waals surface area contributed by atoms with Gasteiger partial charge < -0.3 is 15.2 Å². The highest BCUT2D eigenvalue weighted by Crippen LogP contribution is 2.17. The first-order valence-electron chi connectivity index (χ1n) is 5.44. The van der Waals surface area contributed by atoms with E-state index in [0.29, 0.717) is 18.7 Å². The number of rotatable bonds is 6. The number of halogens is 1. The molecule has 0 saturated carbocycles. The maximum absolute atomic E-state index is 11.6. The predicted molar refractivity (Wildman–Crippen MR) is 68.9 cm³/mol. The lowest BCUT2D eigenvalue weighted by molar-refractivity contribution is -0.127. The number of ether oxygens (including phenoxy) is 1. The molecule has 1 unspecified atom stereocenters. The lowest BCUT2D eigenvalue weighted by Crippen LogP contribution is -2.37. The minimum absolute atomic E-state index is 0.0717. The Hall–Kier alpha value is -1.07. The van der Waals surface area contributed by atoms with Gasteiger partial charge in [-0.05, 0) is 37.6 Å². The van der Waals surface area contributed by atoms with Crippen molar-refractivity contribution in [1.82, 2.24) is 5.32 Å². The van der Waals surface area contributed by atoms with E-state index in [0.717, 1.165) is 4.47 Å². The molecule has 94 valence electrons. The van der Waals surface area contributed by atoms with E-state index < -0.39 is 6.10 Å². The first kappa shape index (κ1) is 14.0. The average molecular weight is 302 g/mol. The molecule has 2 N–H and O–H groups in total. The molecule has 0 aliphatic heterocycles. The summed E-state index contributed by atoms with van der Waals surface area (Å²) in [6.45, 7) is 2.22. The van der Waals surface area contributed by atoms with Gasteiger partial charge in [0.15, 0.2) is 6.10 Å². The second kappa shape index (κ2) is 7.29. The third-order valence-electron chi connectivity index (χ3n) is 2.13. The van der Waals surface area contributed by atoms with Crippen LogP contribution in [-0.2, 0) is 4.79 Å². The van der Waals surface area contributed by atoms with Gasteiger partial charge in [-0.25, -0.2) is 0 Å². The van der Waals surface area contributed by atoms with Crippen molar-refractivity contribution in [3.05, 3.63) is 28.7 Å². The molecular weight excluding hydrogens is 286 g/mol. The van der Waals surface area contributed by atoms with Crippen LogP contribution in [0.5, 0.6) is 5.75 Å². The monoisotopic (exact) mass is 301 g/mol. The fourth-order valence-electron chi connectivity index (χ4n) is 1.21. The van der Waals surface area contributed by atoms with Gasteiger partial charge in [0.1, 0.15) is 5.75 Å². The zero-order chi connectivity index (χ0) is 12.7. The standard InChI is InChI=1S/C12H16BrNO3/c1-9(12(16)14-7-2-8-15)17-11-5-3-10(13)4-6-11/h3-6,9,15H,2,7-8H2,1H3,(H,14,16). The first-order chi connectivity index (χ1) is 8.13. The minimum Gasteiger partial charge on any atom is -0.481 e. The zero-order valence-corrected chi connectivity index (χ0v) is 11.2. The van der Waals surface area contributed by atoms with E-state index in [1.807, 2.05) is 12.1 Å². The van der Waals surface area contributed by atoms with Crippen molar-refractivity contribution in [2.24, 2.45) is 0 Å². The summed E-state index contributed by atoms with van der Waals surface area (Å²) >= 11 is 3.32. The molecule has 0 aromatic heterocycles. The summed E-state index contributed by atoms with van der Waals surface area (Å²) < 4.78 is 6.43. The molecule has 1 aromatic carbocycles. The Kier molecular flexibility index (Phi) is 6.00. The molecule has 0 saturated heterocycles. The van der Waals surface area contributed by atoms with Crippen molar-refractivity contribution in [1.29, 1.82) is 0 Å². The van der Waals surface area contributed by atoms with Gasteiger partial charge >= 0.3 is 0 Å². The molecule has 0 bridgehead atoms. The summed E-state index contributed by atoms with van der Waals surface area (Å²) in [5.41, 5.74) is 0. The fourth-order valence-corrected chi connectivity index (χ4v) is 1.47. The third kappa shape index (κ3) is 5.19. The van der Waals surface area contributed by atoms with Gasteiger partial charge in [-0.1, -0.05) is 15.9 Å². The molecule has 1 amide bonds. The highest BCUT2D eigenvalue weighted by molar-refractivity contribution is 9.10. The van der Waals surface area contributed by atoms with Crippen molar-refractivity contribution >= 4 is 21.8 Å². The predicted octanol–water partition coefficient (Wildman–Crippen LogP) is 1.71. The van der Waals surface area contributed by atoms with Gasteiger partial charge in [-0.2, -0.15) is 0 Å². The number of hydrogen-bond acceptors (Lipinski definition) is 3. The summed E-state index contributed by atoms with van der Waals surface area (Å²) in [7, 11) is 0. The van der Waals surface area contributed by atoms with Crippen LogP contribution in [0, 0.1) is 0 Å². The summed E-state index contributed by atoms with van der Waals surface area (Å²) in [5, 5.41) is 11.3. The maximum atomic E-state index is 11.6. The van der Waals surface area contributed by atoms with Crippen LogP contribution >= 0.6 is 15.9 Å². The molecule has 0 radical (unpaired) electrons. The van der Waals surface area contributed by atoms with E-state index >= 15 is 0 Å². The van der Waals surface area contributed by atoms with Crippen molar-refractivity contribution in [3.8, 4) is 5.75 Å². The number of aliphatic hydroxyl groups is 1. The largest absolute Gasteiger partial charge is 0.481 e. The molecule has 17 heavy (non-hydrogen) atoms. The van der Waals surface area contributed by atoms with Gasteiger partial charge in [-0.3, -0.25) is 4.79 Å². The summed E-state index contributed by atoms with van der Waals surface area (Å²) in [4.78, 5) is 11.6. The molecule has 1 aromatic rings. The average Bonchev–Trinajstić information content (AvgIpc) is 2.32. The lowest BCUT2D eigenvalue weighted by atomic mass is 10.3. The Morgan fingerprint density at radius 3 is 2.71 bits per heavy atom. The van der Waals surface area contributed by atoms with E-state index in [1.165, 1.54) is 0 Å².